The predicted molar refractivity (Wildman–Crippen MR) is 95.3 cm³/mol. The van der Waals surface area contributed by atoms with Crippen molar-refractivity contribution in [1.82, 2.24) is 0 Å². The minimum absolute atomic E-state index is 0.120. The van der Waals surface area contributed by atoms with Crippen LogP contribution in [0.4, 0.5) is 5.69 Å². The molecule has 1 saturated heterocycles. The lowest BCUT2D eigenvalue weighted by Gasteiger charge is -2.18. The maximum absolute atomic E-state index is 11.9. The molecule has 130 valence electrons. The van der Waals surface area contributed by atoms with Gasteiger partial charge in [-0.2, -0.15) is 0 Å². The van der Waals surface area contributed by atoms with Crippen LogP contribution in [0.2, 0.25) is 0 Å². The van der Waals surface area contributed by atoms with E-state index in [4.69, 9.17) is 4.74 Å². The number of carbonyl (C=O) groups is 2. The number of benzene rings is 2. The number of hydrogen-bond donors (Lipinski definition) is 1. The van der Waals surface area contributed by atoms with Gasteiger partial charge >= 0.3 is 5.97 Å². The van der Waals surface area contributed by atoms with Crippen LogP contribution in [-0.2, 0) is 16.1 Å². The van der Waals surface area contributed by atoms with E-state index < -0.39 is 0 Å². The molecule has 0 spiro atoms. The molecule has 2 aromatic rings. The van der Waals surface area contributed by atoms with Crippen LogP contribution >= 0.6 is 0 Å². The summed E-state index contributed by atoms with van der Waals surface area (Å²) in [5, 5.41) is 9.75. The van der Waals surface area contributed by atoms with Crippen LogP contribution < -0.4 is 4.90 Å². The number of aliphatic hydroxyl groups excluding tert-OH is 1. The molecule has 5 nitrogen and oxygen atoms in total. The molecule has 0 radical (unpaired) electrons. The van der Waals surface area contributed by atoms with Gasteiger partial charge in [0.25, 0.3) is 0 Å². The molecular weight excluding hydrogens is 318 g/mol. The Labute approximate surface area is 146 Å². The third kappa shape index (κ3) is 3.56. The number of anilines is 1. The molecule has 1 aliphatic rings. The fraction of sp³-hybridized carbons (Fsp3) is 0.300. The highest BCUT2D eigenvalue weighted by molar-refractivity contribution is 5.96. The van der Waals surface area contributed by atoms with Crippen molar-refractivity contribution in [1.29, 1.82) is 0 Å². The second-order valence-electron chi connectivity index (χ2n) is 5.95. The summed E-state index contributed by atoms with van der Waals surface area (Å²) in [7, 11) is 0. The molecule has 0 bridgehead atoms. The van der Waals surface area contributed by atoms with Gasteiger partial charge in [0.05, 0.1) is 18.8 Å². The van der Waals surface area contributed by atoms with Crippen LogP contribution in [0.15, 0.2) is 42.5 Å². The third-order valence-electron chi connectivity index (χ3n) is 4.35. The number of ether oxygens (including phenoxy) is 1. The van der Waals surface area contributed by atoms with Crippen molar-refractivity contribution in [3.05, 3.63) is 53.6 Å². The maximum Gasteiger partial charge on any atom is 0.338 e. The smallest absolute Gasteiger partial charge is 0.338 e. The van der Waals surface area contributed by atoms with Crippen LogP contribution in [0.25, 0.3) is 11.1 Å². The number of aliphatic hydroxyl groups is 1. The predicted octanol–water partition coefficient (Wildman–Crippen LogP) is 3.15. The number of nitrogens with zero attached hydrogens (tertiary/aromatic N) is 1. The first-order chi connectivity index (χ1) is 12.1. The van der Waals surface area contributed by atoms with Crippen LogP contribution in [0.5, 0.6) is 0 Å². The van der Waals surface area contributed by atoms with E-state index in [9.17, 15) is 14.7 Å². The van der Waals surface area contributed by atoms with E-state index in [0.717, 1.165) is 35.3 Å². The zero-order valence-electron chi connectivity index (χ0n) is 14.2. The molecule has 1 aliphatic heterocycles. The van der Waals surface area contributed by atoms with Gasteiger partial charge in [-0.3, -0.25) is 4.79 Å². The molecule has 0 saturated carbocycles. The molecule has 0 atom stereocenters. The Morgan fingerprint density at radius 3 is 2.56 bits per heavy atom. The van der Waals surface area contributed by atoms with Crippen molar-refractivity contribution in [2.24, 2.45) is 0 Å². The molecular formula is C20H21NO4. The summed E-state index contributed by atoms with van der Waals surface area (Å²) >= 11 is 0. The first-order valence-electron chi connectivity index (χ1n) is 8.45. The summed E-state index contributed by atoms with van der Waals surface area (Å²) in [6.45, 7) is 2.71. The Hall–Kier alpha value is -2.66. The number of rotatable bonds is 5. The fourth-order valence-electron chi connectivity index (χ4n) is 3.08. The van der Waals surface area contributed by atoms with Gasteiger partial charge in [0, 0.05) is 18.7 Å². The van der Waals surface area contributed by atoms with Gasteiger partial charge in [-0.25, -0.2) is 4.79 Å². The van der Waals surface area contributed by atoms with Crippen LogP contribution in [0.3, 0.4) is 0 Å². The van der Waals surface area contributed by atoms with Crippen LogP contribution in [0, 0.1) is 0 Å². The molecule has 1 fully saturated rings. The summed E-state index contributed by atoms with van der Waals surface area (Å²) in [4.78, 5) is 25.4. The molecule has 1 heterocycles. The van der Waals surface area contributed by atoms with Gasteiger partial charge in [0.1, 0.15) is 0 Å². The van der Waals surface area contributed by atoms with Crippen molar-refractivity contribution >= 4 is 17.6 Å². The van der Waals surface area contributed by atoms with Gasteiger partial charge in [-0.1, -0.05) is 18.2 Å². The molecule has 3 rings (SSSR count). The summed E-state index contributed by atoms with van der Waals surface area (Å²) in [5.41, 5.74) is 3.85. The SMILES string of the molecule is CCOC(=O)c1ccc(-c2ccc(N3CCCC3=O)cc2CO)cc1. The molecule has 25 heavy (non-hydrogen) atoms. The van der Waals surface area contributed by atoms with Crippen molar-refractivity contribution in [3.63, 3.8) is 0 Å². The molecule has 5 heteroatoms. The molecule has 0 aliphatic carbocycles. The lowest BCUT2D eigenvalue weighted by atomic mass is 9.98. The summed E-state index contributed by atoms with van der Waals surface area (Å²) in [6, 6.07) is 12.8. The summed E-state index contributed by atoms with van der Waals surface area (Å²) in [6.07, 6.45) is 1.44. The average Bonchev–Trinajstić information content (AvgIpc) is 3.07. The Balaban J connectivity index is 1.89. The van der Waals surface area contributed by atoms with Gasteiger partial charge in [-0.15, -0.1) is 0 Å². The van der Waals surface area contributed by atoms with E-state index >= 15 is 0 Å². The average molecular weight is 339 g/mol. The molecule has 0 unspecified atom stereocenters. The van der Waals surface area contributed by atoms with Gasteiger partial charge < -0.3 is 14.7 Å². The highest BCUT2D eigenvalue weighted by Crippen LogP contribution is 2.30. The first kappa shape index (κ1) is 17.2. The Morgan fingerprint density at radius 2 is 1.96 bits per heavy atom. The number of esters is 1. The van der Waals surface area contributed by atoms with E-state index in [1.165, 1.54) is 0 Å². The Bertz CT molecular complexity index is 783. The Morgan fingerprint density at radius 1 is 1.20 bits per heavy atom. The fourth-order valence-corrected chi connectivity index (χ4v) is 3.08. The van der Waals surface area contributed by atoms with E-state index in [1.807, 2.05) is 30.3 Å². The largest absolute Gasteiger partial charge is 0.462 e. The third-order valence-corrected chi connectivity index (χ3v) is 4.35. The van der Waals surface area contributed by atoms with Crippen LogP contribution in [-0.4, -0.2) is 30.1 Å². The Kier molecular flexibility index (Phi) is 5.14. The van der Waals surface area contributed by atoms with Crippen molar-refractivity contribution < 1.29 is 19.4 Å². The van der Waals surface area contributed by atoms with E-state index in [-0.39, 0.29) is 18.5 Å². The number of amides is 1. The summed E-state index contributed by atoms with van der Waals surface area (Å²) in [5.74, 6) is -0.227. The minimum atomic E-state index is -0.348. The standard InChI is InChI=1S/C20H21NO4/c1-2-25-20(24)15-7-5-14(6-8-15)18-10-9-17(12-16(18)13-22)21-11-3-4-19(21)23/h5-10,12,22H,2-4,11,13H2,1H3. The lowest BCUT2D eigenvalue weighted by Crippen LogP contribution is -2.23. The zero-order valence-corrected chi connectivity index (χ0v) is 14.2. The molecule has 1 N–H and O–H groups in total. The van der Waals surface area contributed by atoms with E-state index in [1.54, 1.807) is 24.0 Å². The first-order valence-corrected chi connectivity index (χ1v) is 8.45. The van der Waals surface area contributed by atoms with E-state index in [0.29, 0.717) is 18.6 Å². The lowest BCUT2D eigenvalue weighted by molar-refractivity contribution is -0.117. The van der Waals surface area contributed by atoms with E-state index in [2.05, 4.69) is 0 Å². The van der Waals surface area contributed by atoms with Crippen molar-refractivity contribution in [2.75, 3.05) is 18.1 Å². The maximum atomic E-state index is 11.9. The summed E-state index contributed by atoms with van der Waals surface area (Å²) < 4.78 is 4.98. The molecule has 2 aromatic carbocycles. The second-order valence-corrected chi connectivity index (χ2v) is 5.95. The molecule has 0 aromatic heterocycles. The number of hydrogen-bond acceptors (Lipinski definition) is 4. The second kappa shape index (κ2) is 7.49. The number of carbonyl (C=O) groups excluding carboxylic acids is 2. The monoisotopic (exact) mass is 339 g/mol. The van der Waals surface area contributed by atoms with Crippen molar-refractivity contribution in [3.8, 4) is 11.1 Å². The van der Waals surface area contributed by atoms with Gasteiger partial charge in [0.15, 0.2) is 0 Å². The normalized spacial score (nSPS) is 14.0. The highest BCUT2D eigenvalue weighted by atomic mass is 16.5. The van der Waals surface area contributed by atoms with Crippen molar-refractivity contribution in [2.45, 2.75) is 26.4 Å². The minimum Gasteiger partial charge on any atom is -0.462 e. The topological polar surface area (TPSA) is 66.8 Å². The molecule has 1 amide bonds. The van der Waals surface area contributed by atoms with Crippen LogP contribution in [0.1, 0.15) is 35.7 Å². The van der Waals surface area contributed by atoms with Gasteiger partial charge in [0.2, 0.25) is 5.91 Å². The quantitative estimate of drug-likeness (QED) is 0.850. The zero-order chi connectivity index (χ0) is 17.8. The highest BCUT2D eigenvalue weighted by Gasteiger charge is 2.22. The van der Waals surface area contributed by atoms with Gasteiger partial charge in [-0.05, 0) is 54.3 Å².